The number of fused-ring (bicyclic) bond motifs is 1. The Morgan fingerprint density at radius 1 is 0.767 bits per heavy atom. The molecule has 30 heavy (non-hydrogen) atoms. The number of aromatic nitrogens is 1. The van der Waals surface area contributed by atoms with Crippen LogP contribution in [0.1, 0.15) is 11.1 Å². The lowest BCUT2D eigenvalue weighted by Crippen LogP contribution is -2.08. The van der Waals surface area contributed by atoms with Gasteiger partial charge in [-0.3, -0.25) is 0 Å². The summed E-state index contributed by atoms with van der Waals surface area (Å²) in [4.78, 5) is 4.07. The van der Waals surface area contributed by atoms with E-state index in [-0.39, 0.29) is 33.8 Å². The second-order valence-electron chi connectivity index (χ2n) is 6.58. The highest BCUT2D eigenvalue weighted by molar-refractivity contribution is 5.79. The van der Waals surface area contributed by atoms with Crippen molar-refractivity contribution in [3.05, 3.63) is 71.8 Å². The minimum absolute atomic E-state index is 0.00446. The first kappa shape index (κ1) is 19.8. The number of oxazole rings is 1. The molecule has 3 nitrogen and oxygen atoms in total. The average Bonchev–Trinajstić information content (AvgIpc) is 3.10. The molecule has 3 aromatic carbocycles. The average molecular weight is 422 g/mol. The molecule has 0 atom stereocenters. The molecular formula is C21H12F6N2O. The quantitative estimate of drug-likeness (QED) is 0.286. The van der Waals surface area contributed by atoms with Gasteiger partial charge in [-0.1, -0.05) is 18.2 Å². The van der Waals surface area contributed by atoms with Crippen LogP contribution in [0.15, 0.2) is 65.1 Å². The van der Waals surface area contributed by atoms with E-state index >= 15 is 0 Å². The number of hydrogen-bond donors (Lipinski definition) is 1. The molecule has 1 aromatic heterocycles. The van der Waals surface area contributed by atoms with Crippen LogP contribution in [-0.4, -0.2) is 4.98 Å². The van der Waals surface area contributed by atoms with Crippen molar-refractivity contribution in [2.24, 2.45) is 0 Å². The minimum atomic E-state index is -4.62. The zero-order valence-corrected chi connectivity index (χ0v) is 15.0. The summed E-state index contributed by atoms with van der Waals surface area (Å²) in [6.07, 6.45) is -9.15. The van der Waals surface area contributed by atoms with Crippen LogP contribution >= 0.6 is 0 Å². The maximum atomic E-state index is 13.4. The number of alkyl halides is 6. The van der Waals surface area contributed by atoms with Crippen molar-refractivity contribution >= 4 is 16.8 Å². The first-order valence-electron chi connectivity index (χ1n) is 8.58. The third-order valence-electron chi connectivity index (χ3n) is 4.48. The van der Waals surface area contributed by atoms with Gasteiger partial charge < -0.3 is 10.2 Å². The van der Waals surface area contributed by atoms with Crippen LogP contribution in [0.3, 0.4) is 0 Å². The zero-order valence-electron chi connectivity index (χ0n) is 15.0. The van der Waals surface area contributed by atoms with E-state index in [1.54, 1.807) is 6.07 Å². The molecule has 0 unspecified atom stereocenters. The maximum Gasteiger partial charge on any atom is 0.417 e. The van der Waals surface area contributed by atoms with E-state index in [1.807, 2.05) is 0 Å². The Bertz CT molecular complexity index is 1240. The van der Waals surface area contributed by atoms with Crippen LogP contribution in [0.5, 0.6) is 0 Å². The van der Waals surface area contributed by atoms with Gasteiger partial charge in [0.15, 0.2) is 5.58 Å². The number of halogens is 6. The zero-order chi connectivity index (χ0) is 21.7. The highest BCUT2D eigenvalue weighted by Gasteiger charge is 2.34. The number of rotatable bonds is 2. The van der Waals surface area contributed by atoms with E-state index in [1.165, 1.54) is 30.3 Å². The van der Waals surface area contributed by atoms with Gasteiger partial charge in [-0.05, 0) is 53.6 Å². The van der Waals surface area contributed by atoms with Crippen molar-refractivity contribution in [3.63, 3.8) is 0 Å². The summed E-state index contributed by atoms with van der Waals surface area (Å²) in [5, 5.41) is 0. The second-order valence-corrected chi connectivity index (χ2v) is 6.58. The fraction of sp³-hybridized carbons (Fsp3) is 0.0952. The molecule has 4 rings (SSSR count). The molecule has 1 heterocycles. The van der Waals surface area contributed by atoms with Crippen molar-refractivity contribution < 1.29 is 30.8 Å². The summed E-state index contributed by atoms with van der Waals surface area (Å²) >= 11 is 0. The van der Waals surface area contributed by atoms with Crippen LogP contribution in [0.2, 0.25) is 0 Å². The Morgan fingerprint density at radius 2 is 1.50 bits per heavy atom. The molecule has 9 heteroatoms. The van der Waals surface area contributed by atoms with Gasteiger partial charge in [0.1, 0.15) is 5.52 Å². The summed E-state index contributed by atoms with van der Waals surface area (Å²) in [5.41, 5.74) is 4.30. The smallest absolute Gasteiger partial charge is 0.417 e. The Balaban J connectivity index is 1.80. The molecule has 0 spiro atoms. The monoisotopic (exact) mass is 422 g/mol. The van der Waals surface area contributed by atoms with Crippen molar-refractivity contribution in [1.82, 2.24) is 4.98 Å². The summed E-state index contributed by atoms with van der Waals surface area (Å²) < 4.78 is 84.5. The Morgan fingerprint density at radius 3 is 2.20 bits per heavy atom. The van der Waals surface area contributed by atoms with Crippen LogP contribution in [0.25, 0.3) is 33.7 Å². The van der Waals surface area contributed by atoms with Crippen LogP contribution in [0.4, 0.5) is 32.0 Å². The molecule has 0 bridgehead atoms. The number of anilines is 1. The van der Waals surface area contributed by atoms with Gasteiger partial charge in [0.2, 0.25) is 5.89 Å². The van der Waals surface area contributed by atoms with Gasteiger partial charge in [0.25, 0.3) is 0 Å². The molecule has 154 valence electrons. The van der Waals surface area contributed by atoms with Crippen molar-refractivity contribution in [2.75, 3.05) is 5.73 Å². The highest BCUT2D eigenvalue weighted by Crippen LogP contribution is 2.39. The van der Waals surface area contributed by atoms with Crippen LogP contribution in [0, 0.1) is 0 Å². The normalized spacial score (nSPS) is 12.5. The fourth-order valence-electron chi connectivity index (χ4n) is 3.10. The first-order valence-corrected chi connectivity index (χ1v) is 8.58. The molecule has 0 aliphatic heterocycles. The largest absolute Gasteiger partial charge is 0.436 e. The predicted octanol–water partition coefficient (Wildman–Crippen LogP) is 6.78. The van der Waals surface area contributed by atoms with Crippen molar-refractivity contribution in [2.45, 2.75) is 12.4 Å². The molecular weight excluding hydrogens is 410 g/mol. The van der Waals surface area contributed by atoms with Gasteiger partial charge in [-0.25, -0.2) is 4.98 Å². The minimum Gasteiger partial charge on any atom is -0.436 e. The third kappa shape index (κ3) is 3.70. The summed E-state index contributed by atoms with van der Waals surface area (Å²) in [5.74, 6) is -0.00446. The summed E-state index contributed by atoms with van der Waals surface area (Å²) in [6, 6.07) is 12.3. The molecule has 2 N–H and O–H groups in total. The van der Waals surface area contributed by atoms with E-state index in [4.69, 9.17) is 10.2 Å². The summed E-state index contributed by atoms with van der Waals surface area (Å²) in [7, 11) is 0. The van der Waals surface area contributed by atoms with Gasteiger partial charge in [-0.2, -0.15) is 26.3 Å². The highest BCUT2D eigenvalue weighted by atomic mass is 19.4. The molecule has 0 aliphatic rings. The van der Waals surface area contributed by atoms with Crippen molar-refractivity contribution in [1.29, 1.82) is 0 Å². The fourth-order valence-corrected chi connectivity index (χ4v) is 3.10. The number of nitrogens with two attached hydrogens (primary N) is 1. The van der Waals surface area contributed by atoms with Gasteiger partial charge in [0.05, 0.1) is 11.1 Å². The molecule has 0 amide bonds. The Kier molecular flexibility index (Phi) is 4.48. The second kappa shape index (κ2) is 6.79. The van der Waals surface area contributed by atoms with Gasteiger partial charge >= 0.3 is 12.4 Å². The molecule has 0 aliphatic carbocycles. The van der Waals surface area contributed by atoms with E-state index in [9.17, 15) is 26.3 Å². The van der Waals surface area contributed by atoms with E-state index < -0.39 is 23.5 Å². The SMILES string of the molecule is Nc1ccc(-c2cccc(-c3nc4cc(C(F)(F)F)ccc4o3)c2)c(C(F)(F)F)c1. The summed E-state index contributed by atoms with van der Waals surface area (Å²) in [6.45, 7) is 0. The van der Waals surface area contributed by atoms with E-state index in [0.717, 1.165) is 24.3 Å². The lowest BCUT2D eigenvalue weighted by molar-refractivity contribution is -0.138. The molecule has 0 saturated heterocycles. The maximum absolute atomic E-state index is 13.4. The van der Waals surface area contributed by atoms with Crippen LogP contribution < -0.4 is 5.73 Å². The first-order chi connectivity index (χ1) is 14.0. The molecule has 0 fully saturated rings. The number of hydrogen-bond acceptors (Lipinski definition) is 3. The number of benzene rings is 3. The Hall–Kier alpha value is -3.49. The number of nitrogen functional groups attached to an aromatic ring is 1. The van der Waals surface area contributed by atoms with Gasteiger partial charge in [0, 0.05) is 11.3 Å². The van der Waals surface area contributed by atoms with E-state index in [0.29, 0.717) is 5.56 Å². The Labute approximate surface area is 165 Å². The van der Waals surface area contributed by atoms with Crippen LogP contribution in [-0.2, 0) is 12.4 Å². The molecule has 4 aromatic rings. The topological polar surface area (TPSA) is 52.0 Å². The predicted molar refractivity (Wildman–Crippen MR) is 99.3 cm³/mol. The molecule has 0 radical (unpaired) electrons. The van der Waals surface area contributed by atoms with E-state index in [2.05, 4.69) is 4.98 Å². The van der Waals surface area contributed by atoms with Gasteiger partial charge in [-0.15, -0.1) is 0 Å². The number of nitrogens with zero attached hydrogens (tertiary/aromatic N) is 1. The van der Waals surface area contributed by atoms with Crippen molar-refractivity contribution in [3.8, 4) is 22.6 Å². The lowest BCUT2D eigenvalue weighted by Gasteiger charge is -2.14. The standard InChI is InChI=1S/C21H12F6N2O/c22-20(23,24)13-4-7-18-17(9-13)29-19(30-18)12-3-1-2-11(8-12)15-6-5-14(28)10-16(15)21(25,26)27/h1-10H,28H2. The third-order valence-corrected chi connectivity index (χ3v) is 4.48. The molecule has 0 saturated carbocycles. The lowest BCUT2D eigenvalue weighted by atomic mass is 9.97.